The second-order valence-electron chi connectivity index (χ2n) is 13.6. The zero-order chi connectivity index (χ0) is 32.2. The van der Waals surface area contributed by atoms with Crippen molar-refractivity contribution in [1.29, 1.82) is 0 Å². The van der Waals surface area contributed by atoms with E-state index in [9.17, 15) is 0 Å². The second-order valence-corrected chi connectivity index (χ2v) is 25.3. The van der Waals surface area contributed by atoms with Crippen LogP contribution in [-0.4, -0.2) is 23.2 Å². The van der Waals surface area contributed by atoms with Gasteiger partial charge in [0.15, 0.2) is 0 Å². The average Bonchev–Trinajstić information content (AvgIpc) is 3.76. The molecule has 0 amide bonds. The number of rotatable bonds is 6. The smallest absolute Gasteiger partial charge is 0.0245 e. The van der Waals surface area contributed by atoms with Crippen molar-refractivity contribution in [2.45, 2.75) is 49.4 Å². The Bertz CT molecular complexity index is 2100. The van der Waals surface area contributed by atoms with Crippen LogP contribution in [0.1, 0.15) is 31.2 Å². The first-order chi connectivity index (χ1) is 22.9. The molecule has 48 heavy (non-hydrogen) atoms. The summed E-state index contributed by atoms with van der Waals surface area (Å²) in [4.78, 5) is 9.28. The summed E-state index contributed by atoms with van der Waals surface area (Å²) in [6, 6.07) is 45.2. The fraction of sp³-hybridized carbons (Fsp3) is 0.209. The Balaban J connectivity index is 0.000000201. The molecule has 0 atom stereocenters. The van der Waals surface area contributed by atoms with Crippen molar-refractivity contribution in [3.8, 4) is 33.6 Å². The minimum absolute atomic E-state index is 0. The zero-order valence-electron chi connectivity index (χ0n) is 27.8. The molecular formula is C43H40GeIrN2S-2. The van der Waals surface area contributed by atoms with Crippen molar-refractivity contribution in [1.82, 2.24) is 9.97 Å². The van der Waals surface area contributed by atoms with Gasteiger partial charge in [-0.15, -0.1) is 23.8 Å². The molecule has 0 spiro atoms. The molecule has 0 unspecified atom stereocenters. The van der Waals surface area contributed by atoms with Crippen LogP contribution < -0.4 is 4.40 Å². The van der Waals surface area contributed by atoms with Crippen LogP contribution in [0.4, 0.5) is 0 Å². The molecule has 1 radical (unpaired) electrons. The Labute approximate surface area is 305 Å². The normalized spacial score (nSPS) is 13.2. The summed E-state index contributed by atoms with van der Waals surface area (Å²) >= 11 is 0.144. The number of hydrogen-bond acceptors (Lipinski definition) is 3. The Hall–Kier alpha value is -3.41. The molecule has 0 N–H and O–H groups in total. The van der Waals surface area contributed by atoms with Crippen molar-refractivity contribution < 1.29 is 20.1 Å². The summed E-state index contributed by atoms with van der Waals surface area (Å²) in [7, 11) is 0. The summed E-state index contributed by atoms with van der Waals surface area (Å²) in [6.07, 6.45) is 10.7. The third-order valence-corrected chi connectivity index (χ3v) is 14.7. The number of hydrogen-bond donors (Lipinski definition) is 0. The number of benzene rings is 4. The van der Waals surface area contributed by atoms with Crippen LogP contribution in [0.2, 0.25) is 17.3 Å². The summed E-state index contributed by atoms with van der Waals surface area (Å²) in [6.45, 7) is 0. The van der Waals surface area contributed by atoms with Crippen molar-refractivity contribution >= 4 is 49.2 Å². The molecule has 3 heterocycles. The van der Waals surface area contributed by atoms with E-state index in [0.29, 0.717) is 0 Å². The molecule has 8 rings (SSSR count). The molecule has 4 aromatic carbocycles. The van der Waals surface area contributed by atoms with Gasteiger partial charge in [0.1, 0.15) is 0 Å². The fourth-order valence-corrected chi connectivity index (χ4v) is 10.00. The Morgan fingerprint density at radius 1 is 0.729 bits per heavy atom. The monoisotopic (exact) mass is 883 g/mol. The predicted octanol–water partition coefficient (Wildman–Crippen LogP) is 11.4. The second kappa shape index (κ2) is 15.4. The largest absolute Gasteiger partial charge is 0.305 e. The van der Waals surface area contributed by atoms with Crippen LogP contribution in [0, 0.1) is 18.1 Å². The maximum absolute atomic E-state index is 4.75. The third kappa shape index (κ3) is 7.90. The van der Waals surface area contributed by atoms with Crippen molar-refractivity contribution in [2.75, 3.05) is 0 Å². The maximum Gasteiger partial charge on any atom is 0.0245 e. The summed E-state index contributed by atoms with van der Waals surface area (Å²) < 4.78 is 4.05. The van der Waals surface area contributed by atoms with Gasteiger partial charge in [-0.2, -0.15) is 11.3 Å². The Morgan fingerprint density at radius 2 is 1.54 bits per heavy atom. The molecule has 243 valence electrons. The maximum atomic E-state index is 4.75. The first-order valence-corrected chi connectivity index (χ1v) is 24.9. The van der Waals surface area contributed by atoms with Gasteiger partial charge in [0.05, 0.1) is 0 Å². The summed E-state index contributed by atoms with van der Waals surface area (Å²) in [5.74, 6) is 7.98. The molecular weight excluding hydrogens is 841 g/mol. The van der Waals surface area contributed by atoms with Gasteiger partial charge in [-0.25, -0.2) is 0 Å². The van der Waals surface area contributed by atoms with E-state index in [-0.39, 0.29) is 20.1 Å². The molecule has 0 bridgehead atoms. The van der Waals surface area contributed by atoms with Gasteiger partial charge in [0, 0.05) is 31.0 Å². The number of pyridine rings is 2. The van der Waals surface area contributed by atoms with Crippen LogP contribution in [0.15, 0.2) is 122 Å². The van der Waals surface area contributed by atoms with Gasteiger partial charge < -0.3 is 4.98 Å². The van der Waals surface area contributed by atoms with E-state index in [1.807, 2.05) is 48.0 Å². The van der Waals surface area contributed by atoms with E-state index in [0.717, 1.165) is 28.4 Å². The fourth-order valence-electron chi connectivity index (χ4n) is 6.58. The van der Waals surface area contributed by atoms with E-state index in [4.69, 9.17) is 4.98 Å². The Kier molecular flexibility index (Phi) is 11.1. The summed E-state index contributed by atoms with van der Waals surface area (Å²) in [5, 5.41) is 2.62. The van der Waals surface area contributed by atoms with Gasteiger partial charge in [0.2, 0.25) is 0 Å². The minimum Gasteiger partial charge on any atom is -0.305 e. The predicted molar refractivity (Wildman–Crippen MR) is 204 cm³/mol. The van der Waals surface area contributed by atoms with E-state index in [1.165, 1.54) is 73.4 Å². The van der Waals surface area contributed by atoms with E-state index < -0.39 is 13.3 Å². The first-order valence-electron chi connectivity index (χ1n) is 16.7. The molecule has 0 aliphatic heterocycles. The van der Waals surface area contributed by atoms with Gasteiger partial charge >= 0.3 is 99.8 Å². The molecule has 1 fully saturated rings. The number of nitrogens with zero attached hydrogens (tertiary/aromatic N) is 2. The van der Waals surface area contributed by atoms with Crippen LogP contribution in [0.5, 0.6) is 0 Å². The number of aromatic nitrogens is 2. The molecule has 0 saturated heterocycles. The zero-order valence-corrected chi connectivity index (χ0v) is 33.1. The van der Waals surface area contributed by atoms with Crippen LogP contribution in [0.25, 0.3) is 53.8 Å². The van der Waals surface area contributed by atoms with Crippen molar-refractivity contribution in [3.63, 3.8) is 0 Å². The quantitative estimate of drug-likeness (QED) is 0.123. The standard InChI is InChI=1S/C29H24NS.C14H16GeN.Ir/c1-2-9-22(10-3-1)23-13-14-24-25-11-6-12-26(29(25)31-28(24)19-23)27-18-21(15-16-30-27)17-20-7-4-5-8-20;1-15(2,3)13-9-10-14(16-11-13)12-7-5-4-6-8-12;/h1-3,6,9-11,13-16,18-20H,4-5,7-8,17H2;4-7,9-11H,1-3H3;/q2*-1;. The van der Waals surface area contributed by atoms with Gasteiger partial charge in [-0.05, 0) is 51.4 Å². The van der Waals surface area contributed by atoms with Gasteiger partial charge in [0.25, 0.3) is 0 Å². The molecule has 1 aliphatic carbocycles. The number of fused-ring (bicyclic) bond motifs is 3. The minimum atomic E-state index is -1.72. The Morgan fingerprint density at radius 3 is 2.27 bits per heavy atom. The molecule has 5 heteroatoms. The van der Waals surface area contributed by atoms with Crippen molar-refractivity contribution in [2.24, 2.45) is 5.92 Å². The van der Waals surface area contributed by atoms with Crippen molar-refractivity contribution in [3.05, 3.63) is 139 Å². The first kappa shape index (κ1) is 34.5. The summed E-state index contributed by atoms with van der Waals surface area (Å²) in [5.41, 5.74) is 8.20. The van der Waals surface area contributed by atoms with E-state index in [2.05, 4.69) is 119 Å². The SMILES string of the molecule is [CH3][Ge]([CH3])([CH3])[c]1ccc(-c2[c-]cccc2)nc1.[Ir].[c-]1ccc2c(sc3cc(-c4ccccc4)ccc32)c1-c1cc(CC2CCCC2)ccn1. The topological polar surface area (TPSA) is 25.8 Å². The molecule has 7 aromatic rings. The van der Waals surface area contributed by atoms with Gasteiger partial charge in [-0.1, -0.05) is 85.2 Å². The molecule has 3 aromatic heterocycles. The molecule has 1 saturated carbocycles. The average molecular weight is 882 g/mol. The van der Waals surface area contributed by atoms with E-state index in [1.54, 1.807) is 0 Å². The van der Waals surface area contributed by atoms with Crippen LogP contribution >= 0.6 is 11.3 Å². The number of thiophene rings is 1. The van der Waals surface area contributed by atoms with Crippen LogP contribution in [-0.2, 0) is 26.5 Å². The third-order valence-electron chi connectivity index (χ3n) is 9.23. The molecule has 1 aliphatic rings. The molecule has 2 nitrogen and oxygen atoms in total. The van der Waals surface area contributed by atoms with Crippen LogP contribution in [0.3, 0.4) is 0 Å². The van der Waals surface area contributed by atoms with Gasteiger partial charge in [-0.3, -0.25) is 0 Å². The van der Waals surface area contributed by atoms with E-state index >= 15 is 0 Å².